The Hall–Kier alpha value is -3.48. The minimum absolute atomic E-state index is 0.0614. The number of carbonyl (C=O) groups is 1. The normalized spacial score (nSPS) is 12.2. The molecule has 0 fully saturated rings. The largest absolute Gasteiger partial charge is 0.467 e. The lowest BCUT2D eigenvalue weighted by Crippen LogP contribution is -2.30. The van der Waals surface area contributed by atoms with Gasteiger partial charge >= 0.3 is 0 Å². The van der Waals surface area contributed by atoms with Crippen molar-refractivity contribution in [3.63, 3.8) is 0 Å². The maximum absolute atomic E-state index is 12.7. The number of benzene rings is 1. The van der Waals surface area contributed by atoms with Gasteiger partial charge in [-0.2, -0.15) is 4.98 Å². The molecule has 4 rings (SSSR count). The first-order valence-corrected chi connectivity index (χ1v) is 8.68. The molecule has 4 aromatic rings. The number of nitrogens with one attached hydrogen (secondary N) is 1. The van der Waals surface area contributed by atoms with E-state index in [2.05, 4.69) is 20.4 Å². The van der Waals surface area contributed by atoms with Crippen molar-refractivity contribution in [3.8, 4) is 0 Å². The van der Waals surface area contributed by atoms with E-state index >= 15 is 0 Å². The van der Waals surface area contributed by atoms with Crippen LogP contribution in [0.5, 0.6) is 0 Å². The van der Waals surface area contributed by atoms with E-state index in [-0.39, 0.29) is 18.4 Å². The molecule has 3 aromatic heterocycles. The summed E-state index contributed by atoms with van der Waals surface area (Å²) in [7, 11) is 0. The van der Waals surface area contributed by atoms with Crippen molar-refractivity contribution in [1.82, 2.24) is 24.9 Å². The van der Waals surface area contributed by atoms with Gasteiger partial charge in [0.25, 0.3) is 5.78 Å². The summed E-state index contributed by atoms with van der Waals surface area (Å²) in [6.45, 7) is 3.84. The van der Waals surface area contributed by atoms with Crippen molar-refractivity contribution in [1.29, 1.82) is 0 Å². The van der Waals surface area contributed by atoms with Gasteiger partial charge in [0.1, 0.15) is 11.8 Å². The van der Waals surface area contributed by atoms with Crippen LogP contribution in [0.25, 0.3) is 5.78 Å². The molecule has 1 unspecified atom stereocenters. The molecule has 3 heterocycles. The Kier molecular flexibility index (Phi) is 4.42. The van der Waals surface area contributed by atoms with Crippen LogP contribution >= 0.6 is 0 Å². The van der Waals surface area contributed by atoms with Crippen molar-refractivity contribution < 1.29 is 9.21 Å². The third-order valence-corrected chi connectivity index (χ3v) is 4.25. The third kappa shape index (κ3) is 3.57. The number of hydrogen-bond acceptors (Lipinski definition) is 5. The summed E-state index contributed by atoms with van der Waals surface area (Å²) >= 11 is 0. The Balaban J connectivity index is 1.56. The summed E-state index contributed by atoms with van der Waals surface area (Å²) in [5.74, 6) is 1.41. The zero-order valence-corrected chi connectivity index (χ0v) is 15.1. The van der Waals surface area contributed by atoms with Gasteiger partial charge in [-0.25, -0.2) is 9.50 Å². The summed E-state index contributed by atoms with van der Waals surface area (Å²) in [6, 6.07) is 14.9. The molecule has 0 spiro atoms. The van der Waals surface area contributed by atoms with Gasteiger partial charge in [-0.15, -0.1) is 5.10 Å². The molecule has 0 aliphatic carbocycles. The summed E-state index contributed by atoms with van der Waals surface area (Å²) in [5.41, 5.74) is 2.73. The summed E-state index contributed by atoms with van der Waals surface area (Å²) in [6.07, 6.45) is 1.66. The Bertz CT molecular complexity index is 1070. The molecule has 1 N–H and O–H groups in total. The number of rotatable bonds is 5. The zero-order chi connectivity index (χ0) is 18.8. The maximum atomic E-state index is 12.7. The topological polar surface area (TPSA) is 85.3 Å². The van der Waals surface area contributed by atoms with Crippen LogP contribution < -0.4 is 5.32 Å². The van der Waals surface area contributed by atoms with Gasteiger partial charge < -0.3 is 9.73 Å². The lowest BCUT2D eigenvalue weighted by Gasteiger charge is -2.16. The van der Waals surface area contributed by atoms with Crippen LogP contribution in [0.3, 0.4) is 0 Å². The Morgan fingerprint density at radius 2 is 1.96 bits per heavy atom. The number of aryl methyl sites for hydroxylation is 2. The number of furan rings is 1. The quantitative estimate of drug-likeness (QED) is 0.591. The zero-order valence-electron chi connectivity index (χ0n) is 15.1. The predicted octanol–water partition coefficient (Wildman–Crippen LogP) is 2.78. The predicted molar refractivity (Wildman–Crippen MR) is 99.1 cm³/mol. The number of fused-ring (bicyclic) bond motifs is 1. The van der Waals surface area contributed by atoms with Gasteiger partial charge in [0.05, 0.1) is 12.7 Å². The maximum Gasteiger partial charge on any atom is 0.252 e. The van der Waals surface area contributed by atoms with Gasteiger partial charge in [0, 0.05) is 11.4 Å². The van der Waals surface area contributed by atoms with Gasteiger partial charge in [0.15, 0.2) is 5.82 Å². The first kappa shape index (κ1) is 17.0. The molecule has 7 nitrogen and oxygen atoms in total. The molecule has 0 saturated heterocycles. The van der Waals surface area contributed by atoms with Crippen molar-refractivity contribution in [3.05, 3.63) is 83.3 Å². The molecular weight excluding hydrogens is 342 g/mol. The molecule has 1 amide bonds. The third-order valence-electron chi connectivity index (χ3n) is 4.25. The van der Waals surface area contributed by atoms with Gasteiger partial charge in [-0.1, -0.05) is 30.3 Å². The highest BCUT2D eigenvalue weighted by molar-refractivity contribution is 5.78. The van der Waals surface area contributed by atoms with Crippen LogP contribution in [0.4, 0.5) is 0 Å². The Morgan fingerprint density at radius 1 is 1.15 bits per heavy atom. The van der Waals surface area contributed by atoms with E-state index in [4.69, 9.17) is 4.42 Å². The van der Waals surface area contributed by atoms with Crippen LogP contribution in [0.2, 0.25) is 0 Å². The van der Waals surface area contributed by atoms with E-state index < -0.39 is 0 Å². The highest BCUT2D eigenvalue weighted by Gasteiger charge is 2.20. The van der Waals surface area contributed by atoms with Crippen LogP contribution in [-0.4, -0.2) is 25.5 Å². The molecule has 7 heteroatoms. The molecule has 136 valence electrons. The first-order valence-electron chi connectivity index (χ1n) is 8.68. The van der Waals surface area contributed by atoms with E-state index in [0.717, 1.165) is 17.0 Å². The average molecular weight is 361 g/mol. The molecule has 0 aliphatic rings. The van der Waals surface area contributed by atoms with Gasteiger partial charge in [0.2, 0.25) is 5.91 Å². The first-order chi connectivity index (χ1) is 13.1. The number of aromatic nitrogens is 4. The lowest BCUT2D eigenvalue weighted by atomic mass is 10.0. The number of amides is 1. The summed E-state index contributed by atoms with van der Waals surface area (Å²) in [5, 5.41) is 7.41. The van der Waals surface area contributed by atoms with Crippen molar-refractivity contribution in [2.75, 3.05) is 0 Å². The van der Waals surface area contributed by atoms with Crippen molar-refractivity contribution in [2.45, 2.75) is 26.3 Å². The lowest BCUT2D eigenvalue weighted by molar-refractivity contribution is -0.121. The smallest absolute Gasteiger partial charge is 0.252 e. The highest BCUT2D eigenvalue weighted by atomic mass is 16.3. The summed E-state index contributed by atoms with van der Waals surface area (Å²) < 4.78 is 7.17. The van der Waals surface area contributed by atoms with E-state index in [0.29, 0.717) is 17.4 Å². The fourth-order valence-electron chi connectivity index (χ4n) is 3.06. The van der Waals surface area contributed by atoms with Crippen molar-refractivity contribution >= 4 is 11.7 Å². The second-order valence-corrected chi connectivity index (χ2v) is 6.38. The van der Waals surface area contributed by atoms with Gasteiger partial charge in [-0.3, -0.25) is 4.79 Å². The summed E-state index contributed by atoms with van der Waals surface area (Å²) in [4.78, 5) is 21.4. The second kappa shape index (κ2) is 7.03. The molecule has 0 bridgehead atoms. The number of carbonyl (C=O) groups excluding carboxylic acids is 1. The van der Waals surface area contributed by atoms with Crippen LogP contribution in [-0.2, 0) is 11.2 Å². The highest BCUT2D eigenvalue weighted by Crippen LogP contribution is 2.22. The van der Waals surface area contributed by atoms with Crippen LogP contribution in [0.1, 0.15) is 34.6 Å². The minimum atomic E-state index is -0.368. The van der Waals surface area contributed by atoms with E-state index in [1.54, 1.807) is 16.8 Å². The molecule has 0 radical (unpaired) electrons. The number of nitrogens with zero attached hydrogens (tertiary/aromatic N) is 4. The fourth-order valence-corrected chi connectivity index (χ4v) is 3.06. The Labute approximate surface area is 156 Å². The fraction of sp³-hybridized carbons (Fsp3) is 0.200. The van der Waals surface area contributed by atoms with E-state index in [1.165, 1.54) is 0 Å². The van der Waals surface area contributed by atoms with Crippen LogP contribution in [0.15, 0.2) is 59.2 Å². The molecule has 0 aliphatic heterocycles. The van der Waals surface area contributed by atoms with Crippen molar-refractivity contribution in [2.24, 2.45) is 0 Å². The van der Waals surface area contributed by atoms with Crippen LogP contribution in [0, 0.1) is 13.8 Å². The molecule has 1 aromatic carbocycles. The molecule has 0 saturated carbocycles. The second-order valence-electron chi connectivity index (χ2n) is 6.38. The standard InChI is InChI=1S/C20H19N5O2/c1-13-11-14(2)25-20(21-13)22-17(24-25)12-18(26)23-19(16-9-6-10-27-16)15-7-4-3-5-8-15/h3-11,19H,12H2,1-2H3,(H,23,26). The SMILES string of the molecule is Cc1cc(C)n2nc(CC(=O)NC(c3ccccc3)c3ccco3)nc2n1. The molecular formula is C20H19N5O2. The minimum Gasteiger partial charge on any atom is -0.467 e. The number of hydrogen-bond donors (Lipinski definition) is 1. The molecule has 1 atom stereocenters. The molecule has 27 heavy (non-hydrogen) atoms. The van der Waals surface area contributed by atoms with E-state index in [9.17, 15) is 4.79 Å². The van der Waals surface area contributed by atoms with Gasteiger partial charge in [-0.05, 0) is 37.6 Å². The van der Waals surface area contributed by atoms with E-state index in [1.807, 2.05) is 56.3 Å². The Morgan fingerprint density at radius 3 is 2.70 bits per heavy atom. The monoisotopic (exact) mass is 361 g/mol. The average Bonchev–Trinajstić information content (AvgIpc) is 3.30.